The fourth-order valence-corrected chi connectivity index (χ4v) is 4.57. The highest BCUT2D eigenvalue weighted by atomic mass is 16.5. The maximum atomic E-state index is 13.9. The third kappa shape index (κ3) is 8.65. The van der Waals surface area contributed by atoms with Crippen molar-refractivity contribution in [2.75, 3.05) is 20.7 Å². The molecule has 0 saturated heterocycles. The first-order valence-electron chi connectivity index (χ1n) is 13.3. The molecule has 0 spiro atoms. The first kappa shape index (κ1) is 33.8. The van der Waals surface area contributed by atoms with Gasteiger partial charge in [0.1, 0.15) is 6.04 Å². The molecule has 0 radical (unpaired) electrons. The molecule has 1 aromatic rings. The largest absolute Gasteiger partial charge is 0.478 e. The van der Waals surface area contributed by atoms with E-state index in [9.17, 15) is 24.3 Å². The number of hydrogen-bond acceptors (Lipinski definition) is 6. The number of esters is 1. The molecule has 3 atom stereocenters. The Morgan fingerprint density at radius 2 is 1.56 bits per heavy atom. The van der Waals surface area contributed by atoms with Crippen molar-refractivity contribution in [1.82, 2.24) is 15.5 Å². The number of carboxylic acid groups (broad SMARTS) is 1. The van der Waals surface area contributed by atoms with E-state index in [0.717, 1.165) is 5.56 Å². The fraction of sp³-hybridized carbons (Fsp3) is 0.600. The number of carboxylic acids is 1. The first-order chi connectivity index (χ1) is 17.9. The summed E-state index contributed by atoms with van der Waals surface area (Å²) in [5.74, 6) is -2.09. The Balaban J connectivity index is 3.32. The van der Waals surface area contributed by atoms with E-state index in [1.54, 1.807) is 51.1 Å². The zero-order valence-corrected chi connectivity index (χ0v) is 25.3. The Morgan fingerprint density at radius 3 is 1.97 bits per heavy atom. The summed E-state index contributed by atoms with van der Waals surface area (Å²) in [7, 11) is 3.35. The van der Waals surface area contributed by atoms with Crippen molar-refractivity contribution in [2.45, 2.75) is 85.9 Å². The zero-order valence-electron chi connectivity index (χ0n) is 25.3. The van der Waals surface area contributed by atoms with Gasteiger partial charge < -0.3 is 25.4 Å². The highest BCUT2D eigenvalue weighted by Crippen LogP contribution is 2.29. The van der Waals surface area contributed by atoms with Gasteiger partial charge in [-0.2, -0.15) is 0 Å². The summed E-state index contributed by atoms with van der Waals surface area (Å²) < 4.78 is 5.10. The van der Waals surface area contributed by atoms with Gasteiger partial charge in [0, 0.05) is 18.0 Å². The lowest BCUT2D eigenvalue weighted by Gasteiger charge is -2.40. The number of rotatable bonds is 12. The molecule has 0 aromatic heterocycles. The molecule has 0 aliphatic rings. The van der Waals surface area contributed by atoms with Crippen LogP contribution in [-0.4, -0.2) is 72.6 Å². The van der Waals surface area contributed by atoms with Gasteiger partial charge in [0.15, 0.2) is 0 Å². The summed E-state index contributed by atoms with van der Waals surface area (Å²) >= 11 is 0. The van der Waals surface area contributed by atoms with E-state index in [1.165, 1.54) is 12.1 Å². The smallest absolute Gasteiger partial charge is 0.335 e. The Morgan fingerprint density at radius 1 is 1.03 bits per heavy atom. The van der Waals surface area contributed by atoms with Crippen molar-refractivity contribution in [3.8, 4) is 0 Å². The first-order valence-corrected chi connectivity index (χ1v) is 13.3. The fourth-order valence-electron chi connectivity index (χ4n) is 4.57. The van der Waals surface area contributed by atoms with E-state index < -0.39 is 40.9 Å². The summed E-state index contributed by atoms with van der Waals surface area (Å²) in [5.41, 5.74) is 0.00402. The van der Waals surface area contributed by atoms with Gasteiger partial charge in [0.05, 0.1) is 24.3 Å². The molecule has 1 unspecified atom stereocenters. The summed E-state index contributed by atoms with van der Waals surface area (Å²) in [5, 5.41) is 15.3. The molecule has 1 aromatic carbocycles. The number of amides is 2. The third-order valence-corrected chi connectivity index (χ3v) is 7.04. The molecule has 0 bridgehead atoms. The number of nitrogens with zero attached hydrogens (tertiary/aromatic N) is 1. The van der Waals surface area contributed by atoms with Crippen LogP contribution < -0.4 is 10.6 Å². The second-order valence-corrected chi connectivity index (χ2v) is 11.9. The molecule has 39 heavy (non-hydrogen) atoms. The molecule has 0 heterocycles. The lowest BCUT2D eigenvalue weighted by atomic mass is 9.76. The average molecular weight is 546 g/mol. The number of likely N-dealkylation sites (N-methyl/N-ethyl adjacent to an activating group) is 2. The molecule has 0 fully saturated rings. The normalized spacial score (nSPS) is 14.8. The van der Waals surface area contributed by atoms with Crippen LogP contribution in [0.5, 0.6) is 0 Å². The molecule has 0 aliphatic heterocycles. The van der Waals surface area contributed by atoms with Crippen LogP contribution in [0.3, 0.4) is 0 Å². The molecular formula is C30H47N3O6. The van der Waals surface area contributed by atoms with Crippen molar-refractivity contribution in [2.24, 2.45) is 11.3 Å². The van der Waals surface area contributed by atoms with Crippen molar-refractivity contribution in [3.05, 3.63) is 47.0 Å². The van der Waals surface area contributed by atoms with Crippen LogP contribution in [0.1, 0.15) is 78.2 Å². The second-order valence-electron chi connectivity index (χ2n) is 11.9. The van der Waals surface area contributed by atoms with Gasteiger partial charge in [0.2, 0.25) is 11.8 Å². The number of benzene rings is 1. The summed E-state index contributed by atoms with van der Waals surface area (Å²) in [4.78, 5) is 52.6. The number of aromatic carboxylic acids is 1. The zero-order chi connectivity index (χ0) is 30.3. The van der Waals surface area contributed by atoms with Gasteiger partial charge >= 0.3 is 11.9 Å². The lowest BCUT2D eigenvalue weighted by Crippen LogP contribution is -2.61. The van der Waals surface area contributed by atoms with Gasteiger partial charge in [-0.3, -0.25) is 9.59 Å². The molecule has 3 N–H and O–H groups in total. The van der Waals surface area contributed by atoms with Gasteiger partial charge in [-0.05, 0) is 49.9 Å². The minimum atomic E-state index is -1.02. The average Bonchev–Trinajstić information content (AvgIpc) is 2.84. The summed E-state index contributed by atoms with van der Waals surface area (Å²) in [6, 6.07) is 4.46. The van der Waals surface area contributed by atoms with Crippen molar-refractivity contribution >= 4 is 23.8 Å². The minimum Gasteiger partial charge on any atom is -0.478 e. The Labute approximate surface area is 233 Å². The molecule has 0 saturated carbocycles. The van der Waals surface area contributed by atoms with Crippen LogP contribution in [0, 0.1) is 11.3 Å². The number of carbonyl (C=O) groups is 4. The van der Waals surface area contributed by atoms with E-state index in [1.807, 2.05) is 48.5 Å². The van der Waals surface area contributed by atoms with Crippen molar-refractivity contribution in [3.63, 3.8) is 0 Å². The standard InChI is InChI=1S/C30H47N3O6/c1-12-39-28(38)19(4)17-22(18(2)3)33(11)26(35)24(29(5,6)7)32-25(34)23(31-10)30(8,9)21-15-13-20(14-16-21)27(36)37/h13-18,22-24,31H,12H2,1-11H3,(H,32,34)(H,36,37)/b19-17+/t22-,23?,24-/m1/s1. The second kappa shape index (κ2) is 13.7. The monoisotopic (exact) mass is 545 g/mol. The van der Waals surface area contributed by atoms with Crippen molar-refractivity contribution in [1.29, 1.82) is 0 Å². The predicted octanol–water partition coefficient (Wildman–Crippen LogP) is 3.77. The maximum absolute atomic E-state index is 13.9. The summed E-state index contributed by atoms with van der Waals surface area (Å²) in [6.07, 6.45) is 1.74. The predicted molar refractivity (Wildman–Crippen MR) is 152 cm³/mol. The quantitative estimate of drug-likeness (QED) is 0.270. The van der Waals surface area contributed by atoms with E-state index in [2.05, 4.69) is 10.6 Å². The van der Waals surface area contributed by atoms with E-state index >= 15 is 0 Å². The summed E-state index contributed by atoms with van der Waals surface area (Å²) in [6.45, 7) is 17.0. The molecule has 0 aliphatic carbocycles. The van der Waals surface area contributed by atoms with Gasteiger partial charge in [-0.15, -0.1) is 0 Å². The molecule has 9 nitrogen and oxygen atoms in total. The molecular weight excluding hydrogens is 498 g/mol. The SMILES string of the molecule is CCOC(=O)/C(C)=C/[C@H](C(C)C)N(C)C(=O)[C@@H](NC(=O)C(NC)C(C)(C)c1ccc(C(=O)O)cc1)C(C)(C)C. The van der Waals surface area contributed by atoms with Crippen molar-refractivity contribution < 1.29 is 29.0 Å². The molecule has 1 rings (SSSR count). The molecule has 9 heteroatoms. The minimum absolute atomic E-state index is 0.00240. The van der Waals surface area contributed by atoms with Crippen LogP contribution in [0.2, 0.25) is 0 Å². The molecule has 2 amide bonds. The highest BCUT2D eigenvalue weighted by molar-refractivity contribution is 5.92. The van der Waals surface area contributed by atoms with E-state index in [0.29, 0.717) is 5.57 Å². The van der Waals surface area contributed by atoms with Gasteiger partial charge in [-0.1, -0.05) is 66.7 Å². The van der Waals surface area contributed by atoms with Gasteiger partial charge in [-0.25, -0.2) is 9.59 Å². The highest BCUT2D eigenvalue weighted by Gasteiger charge is 2.41. The lowest BCUT2D eigenvalue weighted by molar-refractivity contribution is -0.141. The maximum Gasteiger partial charge on any atom is 0.335 e. The number of hydrogen-bond donors (Lipinski definition) is 3. The van der Waals surface area contributed by atoms with Crippen LogP contribution in [-0.2, 0) is 24.5 Å². The topological polar surface area (TPSA) is 125 Å². The third-order valence-electron chi connectivity index (χ3n) is 7.04. The molecule has 218 valence electrons. The number of ether oxygens (including phenoxy) is 1. The van der Waals surface area contributed by atoms with Crippen LogP contribution in [0.4, 0.5) is 0 Å². The Bertz CT molecular complexity index is 1050. The van der Waals surface area contributed by atoms with Gasteiger partial charge in [0.25, 0.3) is 0 Å². The number of nitrogens with one attached hydrogen (secondary N) is 2. The van der Waals surface area contributed by atoms with E-state index in [4.69, 9.17) is 4.74 Å². The van der Waals surface area contributed by atoms with E-state index in [-0.39, 0.29) is 29.9 Å². The number of carbonyl (C=O) groups excluding carboxylic acids is 3. The van der Waals surface area contributed by atoms with Crippen LogP contribution in [0.25, 0.3) is 0 Å². The van der Waals surface area contributed by atoms with Crippen LogP contribution >= 0.6 is 0 Å². The van der Waals surface area contributed by atoms with Crippen LogP contribution in [0.15, 0.2) is 35.9 Å². The Kier molecular flexibility index (Phi) is 11.9. The Hall–Kier alpha value is -3.20.